The Morgan fingerprint density at radius 2 is 2.10 bits per heavy atom. The van der Waals surface area contributed by atoms with E-state index >= 15 is 0 Å². The molecule has 2 rings (SSSR count). The summed E-state index contributed by atoms with van der Waals surface area (Å²) >= 11 is 3.57. The van der Waals surface area contributed by atoms with Gasteiger partial charge in [0.25, 0.3) is 0 Å². The lowest BCUT2D eigenvalue weighted by atomic mass is 10.2. The number of nitrogens with one attached hydrogen (secondary N) is 1. The lowest BCUT2D eigenvalue weighted by molar-refractivity contribution is 0.0974. The van der Waals surface area contributed by atoms with Gasteiger partial charge in [-0.25, -0.2) is 0 Å². The fraction of sp³-hybridized carbons (Fsp3) is 0.625. The molecular weight excluding hydrogens is 318 g/mol. The maximum absolute atomic E-state index is 5.89. The van der Waals surface area contributed by atoms with Crippen LogP contribution in [0.2, 0.25) is 0 Å². The van der Waals surface area contributed by atoms with Crippen molar-refractivity contribution in [3.05, 3.63) is 28.2 Å². The van der Waals surface area contributed by atoms with Gasteiger partial charge < -0.3 is 14.8 Å². The van der Waals surface area contributed by atoms with Crippen LogP contribution in [0.3, 0.4) is 0 Å². The monoisotopic (exact) mass is 341 g/mol. The molecule has 0 spiro atoms. The van der Waals surface area contributed by atoms with Crippen LogP contribution in [0.1, 0.15) is 38.2 Å². The van der Waals surface area contributed by atoms with E-state index in [0.29, 0.717) is 19.3 Å². The molecule has 1 aromatic carbocycles. The molecule has 0 unspecified atom stereocenters. The van der Waals surface area contributed by atoms with Gasteiger partial charge in [-0.3, -0.25) is 0 Å². The van der Waals surface area contributed by atoms with E-state index < -0.39 is 0 Å². The molecule has 112 valence electrons. The highest BCUT2D eigenvalue weighted by atomic mass is 79.9. The van der Waals surface area contributed by atoms with Crippen LogP contribution in [0, 0.1) is 0 Å². The predicted molar refractivity (Wildman–Crippen MR) is 85.2 cm³/mol. The Morgan fingerprint density at radius 3 is 2.85 bits per heavy atom. The highest BCUT2D eigenvalue weighted by Crippen LogP contribution is 2.30. The maximum atomic E-state index is 5.89. The molecule has 1 aromatic rings. The summed E-state index contributed by atoms with van der Waals surface area (Å²) in [6.45, 7) is 5.11. The topological polar surface area (TPSA) is 30.5 Å². The Hall–Kier alpha value is -0.580. The standard InChI is InChI=1S/C16H24BrNO2/c1-2-3-9-19-10-11-20-16-13(5-4-6-15(16)17)12-18-14-7-8-14/h4-6,14,18H,2-3,7-12H2,1H3. The molecule has 0 bridgehead atoms. The molecule has 1 saturated carbocycles. The molecule has 1 aliphatic rings. The van der Waals surface area contributed by atoms with Gasteiger partial charge in [-0.2, -0.15) is 0 Å². The number of ether oxygens (including phenoxy) is 2. The summed E-state index contributed by atoms with van der Waals surface area (Å²) in [5.74, 6) is 0.944. The van der Waals surface area contributed by atoms with E-state index in [1.165, 1.54) is 24.8 Å². The highest BCUT2D eigenvalue weighted by Gasteiger charge is 2.20. The number of para-hydroxylation sites is 1. The van der Waals surface area contributed by atoms with Crippen molar-refractivity contribution in [3.8, 4) is 5.75 Å². The molecule has 3 nitrogen and oxygen atoms in total. The van der Waals surface area contributed by atoms with E-state index in [1.807, 2.05) is 6.07 Å². The second-order valence-corrected chi connectivity index (χ2v) is 6.05. The summed E-state index contributed by atoms with van der Waals surface area (Å²) < 4.78 is 12.4. The Morgan fingerprint density at radius 1 is 1.25 bits per heavy atom. The molecule has 0 aliphatic heterocycles. The van der Waals surface area contributed by atoms with Gasteiger partial charge in [-0.15, -0.1) is 0 Å². The van der Waals surface area contributed by atoms with Crippen molar-refractivity contribution in [3.63, 3.8) is 0 Å². The third kappa shape index (κ3) is 5.43. The SMILES string of the molecule is CCCCOCCOc1c(Br)cccc1CNC1CC1. The zero-order valence-corrected chi connectivity index (χ0v) is 13.7. The molecule has 0 heterocycles. The lowest BCUT2D eigenvalue weighted by Crippen LogP contribution is -2.17. The molecule has 0 radical (unpaired) electrons. The minimum atomic E-state index is 0.600. The Bertz CT molecular complexity index is 407. The largest absolute Gasteiger partial charge is 0.490 e. The smallest absolute Gasteiger partial charge is 0.138 e. The minimum Gasteiger partial charge on any atom is -0.490 e. The summed E-state index contributed by atoms with van der Waals surface area (Å²) in [5.41, 5.74) is 1.21. The van der Waals surface area contributed by atoms with Crippen molar-refractivity contribution in [1.82, 2.24) is 5.32 Å². The van der Waals surface area contributed by atoms with Crippen LogP contribution >= 0.6 is 15.9 Å². The first kappa shape index (κ1) is 15.8. The van der Waals surface area contributed by atoms with Crippen LogP contribution in [-0.2, 0) is 11.3 Å². The number of benzene rings is 1. The molecule has 1 fully saturated rings. The van der Waals surface area contributed by atoms with Crippen molar-refractivity contribution < 1.29 is 9.47 Å². The van der Waals surface area contributed by atoms with E-state index in [2.05, 4.69) is 40.3 Å². The van der Waals surface area contributed by atoms with Crippen LogP contribution in [0.4, 0.5) is 0 Å². The third-order valence-electron chi connectivity index (χ3n) is 3.32. The third-order valence-corrected chi connectivity index (χ3v) is 3.95. The van der Waals surface area contributed by atoms with E-state index in [0.717, 1.165) is 29.8 Å². The summed E-state index contributed by atoms with van der Waals surface area (Å²) in [7, 11) is 0. The molecule has 1 aliphatic carbocycles. The Labute approximate surface area is 130 Å². The molecule has 20 heavy (non-hydrogen) atoms. The van der Waals surface area contributed by atoms with Crippen molar-refractivity contribution in [2.24, 2.45) is 0 Å². The van der Waals surface area contributed by atoms with Gasteiger partial charge in [-0.1, -0.05) is 25.5 Å². The summed E-state index contributed by atoms with van der Waals surface area (Å²) in [6, 6.07) is 6.90. The number of hydrogen-bond donors (Lipinski definition) is 1. The first-order valence-electron chi connectivity index (χ1n) is 7.52. The fourth-order valence-electron chi connectivity index (χ4n) is 1.95. The first-order chi connectivity index (χ1) is 9.81. The normalized spacial score (nSPS) is 14.5. The number of hydrogen-bond acceptors (Lipinski definition) is 3. The van der Waals surface area contributed by atoms with Crippen molar-refractivity contribution in [2.75, 3.05) is 19.8 Å². The van der Waals surface area contributed by atoms with Crippen LogP contribution in [0.5, 0.6) is 5.75 Å². The van der Waals surface area contributed by atoms with E-state index in [1.54, 1.807) is 0 Å². The zero-order valence-electron chi connectivity index (χ0n) is 12.2. The van der Waals surface area contributed by atoms with Gasteiger partial charge >= 0.3 is 0 Å². The van der Waals surface area contributed by atoms with Crippen LogP contribution in [-0.4, -0.2) is 25.9 Å². The average Bonchev–Trinajstić information content (AvgIpc) is 3.26. The zero-order chi connectivity index (χ0) is 14.2. The van der Waals surface area contributed by atoms with Crippen LogP contribution in [0.15, 0.2) is 22.7 Å². The maximum Gasteiger partial charge on any atom is 0.138 e. The number of halogens is 1. The van der Waals surface area contributed by atoms with Gasteiger partial charge in [0.05, 0.1) is 11.1 Å². The Kier molecular flexibility index (Phi) is 6.83. The lowest BCUT2D eigenvalue weighted by Gasteiger charge is -2.14. The van der Waals surface area contributed by atoms with Gasteiger partial charge in [0.15, 0.2) is 0 Å². The van der Waals surface area contributed by atoms with Gasteiger partial charge in [0.2, 0.25) is 0 Å². The van der Waals surface area contributed by atoms with E-state index in [-0.39, 0.29) is 0 Å². The second-order valence-electron chi connectivity index (χ2n) is 5.20. The highest BCUT2D eigenvalue weighted by molar-refractivity contribution is 9.10. The van der Waals surface area contributed by atoms with Crippen molar-refractivity contribution in [2.45, 2.75) is 45.2 Å². The van der Waals surface area contributed by atoms with Crippen LogP contribution in [0.25, 0.3) is 0 Å². The van der Waals surface area contributed by atoms with E-state index in [9.17, 15) is 0 Å². The minimum absolute atomic E-state index is 0.600. The molecule has 1 N–H and O–H groups in total. The summed E-state index contributed by atoms with van der Waals surface area (Å²) in [6.07, 6.45) is 4.89. The van der Waals surface area contributed by atoms with Crippen molar-refractivity contribution >= 4 is 15.9 Å². The van der Waals surface area contributed by atoms with Gasteiger partial charge in [0.1, 0.15) is 12.4 Å². The predicted octanol–water partition coefficient (Wildman–Crippen LogP) is 3.90. The molecule has 0 amide bonds. The first-order valence-corrected chi connectivity index (χ1v) is 8.32. The van der Waals surface area contributed by atoms with Gasteiger partial charge in [0, 0.05) is 24.8 Å². The van der Waals surface area contributed by atoms with Crippen LogP contribution < -0.4 is 10.1 Å². The van der Waals surface area contributed by atoms with Gasteiger partial charge in [-0.05, 0) is 41.3 Å². The molecule has 0 atom stereocenters. The summed E-state index contributed by atoms with van der Waals surface area (Å²) in [4.78, 5) is 0. The second kappa shape index (κ2) is 8.65. The quantitative estimate of drug-likeness (QED) is 0.654. The average molecular weight is 342 g/mol. The van der Waals surface area contributed by atoms with E-state index in [4.69, 9.17) is 9.47 Å². The molecule has 0 aromatic heterocycles. The molecule has 0 saturated heterocycles. The molecular formula is C16H24BrNO2. The molecule has 4 heteroatoms. The summed E-state index contributed by atoms with van der Waals surface area (Å²) in [5, 5.41) is 3.53. The number of rotatable bonds is 10. The Balaban J connectivity index is 1.78. The fourth-order valence-corrected chi connectivity index (χ4v) is 2.47. The number of unbranched alkanes of at least 4 members (excludes halogenated alkanes) is 1. The van der Waals surface area contributed by atoms with Crippen molar-refractivity contribution in [1.29, 1.82) is 0 Å².